The number of amides is 1. The van der Waals surface area contributed by atoms with Gasteiger partial charge in [0.25, 0.3) is 15.9 Å². The smallest absolute Gasteiger partial charge is 0.264 e. The third-order valence-corrected chi connectivity index (χ3v) is 6.11. The van der Waals surface area contributed by atoms with Gasteiger partial charge in [-0.25, -0.2) is 12.8 Å². The van der Waals surface area contributed by atoms with Gasteiger partial charge >= 0.3 is 0 Å². The van der Waals surface area contributed by atoms with Crippen molar-refractivity contribution in [2.45, 2.75) is 11.8 Å². The van der Waals surface area contributed by atoms with E-state index >= 15 is 0 Å². The molecule has 3 aromatic rings. The summed E-state index contributed by atoms with van der Waals surface area (Å²) < 4.78 is 41.4. The van der Waals surface area contributed by atoms with Crippen LogP contribution in [0.4, 0.5) is 15.8 Å². The van der Waals surface area contributed by atoms with Gasteiger partial charge in [0, 0.05) is 7.05 Å². The standard InChI is InChI=1S/C21H19FN2O3S/c1-15-12-13-19(18(22)14-15)23-21(25)17-10-6-7-11-20(17)28(26,27)24(2)16-8-4-3-5-9-16/h3-14H,1-2H3,(H,23,25). The molecule has 0 atom stereocenters. The average Bonchev–Trinajstić information content (AvgIpc) is 2.70. The molecule has 0 spiro atoms. The van der Waals surface area contributed by atoms with Crippen molar-refractivity contribution in [2.75, 3.05) is 16.7 Å². The molecule has 0 aliphatic carbocycles. The third-order valence-electron chi connectivity index (χ3n) is 4.26. The SMILES string of the molecule is Cc1ccc(NC(=O)c2ccccc2S(=O)(=O)N(C)c2ccccc2)c(F)c1. The molecule has 0 radical (unpaired) electrons. The number of rotatable bonds is 5. The van der Waals surface area contributed by atoms with Crippen molar-refractivity contribution in [3.05, 3.63) is 89.7 Å². The van der Waals surface area contributed by atoms with E-state index in [0.717, 1.165) is 4.31 Å². The lowest BCUT2D eigenvalue weighted by Gasteiger charge is -2.21. The minimum atomic E-state index is -4.00. The molecule has 3 aromatic carbocycles. The maximum atomic E-state index is 14.1. The molecule has 1 N–H and O–H groups in total. The molecule has 0 aliphatic heterocycles. The van der Waals surface area contributed by atoms with Crippen molar-refractivity contribution >= 4 is 27.3 Å². The summed E-state index contributed by atoms with van der Waals surface area (Å²) in [6.45, 7) is 1.73. The van der Waals surface area contributed by atoms with Gasteiger partial charge in [-0.05, 0) is 48.9 Å². The predicted molar refractivity (Wildman–Crippen MR) is 108 cm³/mol. The first-order chi connectivity index (χ1) is 13.3. The summed E-state index contributed by atoms with van der Waals surface area (Å²) in [6.07, 6.45) is 0. The van der Waals surface area contributed by atoms with Gasteiger partial charge in [-0.15, -0.1) is 0 Å². The monoisotopic (exact) mass is 398 g/mol. The van der Waals surface area contributed by atoms with Crippen LogP contribution in [0, 0.1) is 12.7 Å². The number of halogens is 1. The molecule has 28 heavy (non-hydrogen) atoms. The number of hydrogen-bond acceptors (Lipinski definition) is 3. The summed E-state index contributed by atoms with van der Waals surface area (Å²) in [5.74, 6) is -1.29. The fourth-order valence-electron chi connectivity index (χ4n) is 2.71. The molecule has 144 valence electrons. The average molecular weight is 398 g/mol. The van der Waals surface area contributed by atoms with E-state index in [1.165, 1.54) is 37.4 Å². The van der Waals surface area contributed by atoms with Crippen LogP contribution in [0.25, 0.3) is 0 Å². The Morgan fingerprint density at radius 2 is 1.61 bits per heavy atom. The maximum absolute atomic E-state index is 14.1. The minimum Gasteiger partial charge on any atom is -0.319 e. The Morgan fingerprint density at radius 3 is 2.29 bits per heavy atom. The second kappa shape index (κ2) is 7.82. The van der Waals surface area contributed by atoms with E-state index in [1.807, 2.05) is 0 Å². The van der Waals surface area contributed by atoms with Crippen molar-refractivity contribution in [3.8, 4) is 0 Å². The van der Waals surface area contributed by atoms with Crippen LogP contribution in [0.5, 0.6) is 0 Å². The quantitative estimate of drug-likeness (QED) is 0.700. The van der Waals surface area contributed by atoms with Crippen LogP contribution < -0.4 is 9.62 Å². The van der Waals surface area contributed by atoms with Gasteiger partial charge in [0.2, 0.25) is 0 Å². The Labute approximate surface area is 163 Å². The predicted octanol–water partition coefficient (Wildman–Crippen LogP) is 4.21. The van der Waals surface area contributed by atoms with Gasteiger partial charge < -0.3 is 5.32 Å². The van der Waals surface area contributed by atoms with Gasteiger partial charge in [-0.1, -0.05) is 36.4 Å². The number of carbonyl (C=O) groups excluding carboxylic acids is 1. The first kappa shape index (κ1) is 19.6. The highest BCUT2D eigenvalue weighted by Gasteiger charge is 2.27. The van der Waals surface area contributed by atoms with E-state index < -0.39 is 21.7 Å². The highest BCUT2D eigenvalue weighted by Crippen LogP contribution is 2.25. The fourth-order valence-corrected chi connectivity index (χ4v) is 4.10. The number of hydrogen-bond donors (Lipinski definition) is 1. The molecule has 0 aromatic heterocycles. The zero-order valence-corrected chi connectivity index (χ0v) is 16.2. The van der Waals surface area contributed by atoms with Crippen molar-refractivity contribution in [1.29, 1.82) is 0 Å². The summed E-state index contributed by atoms with van der Waals surface area (Å²) in [7, 11) is -2.58. The molecule has 1 amide bonds. The van der Waals surface area contributed by atoms with E-state index in [2.05, 4.69) is 5.32 Å². The first-order valence-electron chi connectivity index (χ1n) is 8.51. The number of benzene rings is 3. The van der Waals surface area contributed by atoms with Gasteiger partial charge in [-0.2, -0.15) is 0 Å². The molecule has 0 fully saturated rings. The van der Waals surface area contributed by atoms with Crippen LogP contribution in [0.2, 0.25) is 0 Å². The lowest BCUT2D eigenvalue weighted by atomic mass is 10.2. The summed E-state index contributed by atoms with van der Waals surface area (Å²) >= 11 is 0. The number of nitrogens with one attached hydrogen (secondary N) is 1. The Balaban J connectivity index is 1.97. The van der Waals surface area contributed by atoms with Crippen LogP contribution in [0.3, 0.4) is 0 Å². The Kier molecular flexibility index (Phi) is 5.46. The molecule has 7 heteroatoms. The Bertz CT molecular complexity index is 1120. The van der Waals surface area contributed by atoms with Crippen molar-refractivity contribution in [2.24, 2.45) is 0 Å². The third kappa shape index (κ3) is 3.89. The summed E-state index contributed by atoms with van der Waals surface area (Å²) in [4.78, 5) is 12.6. The summed E-state index contributed by atoms with van der Waals surface area (Å²) in [6, 6.07) is 18.8. The maximum Gasteiger partial charge on any atom is 0.264 e. The fraction of sp³-hybridized carbons (Fsp3) is 0.0952. The molecule has 5 nitrogen and oxygen atoms in total. The van der Waals surface area contributed by atoms with Crippen LogP contribution in [0.1, 0.15) is 15.9 Å². The van der Waals surface area contributed by atoms with Crippen molar-refractivity contribution < 1.29 is 17.6 Å². The molecule has 0 saturated heterocycles. The lowest BCUT2D eigenvalue weighted by molar-refractivity contribution is 0.102. The second-order valence-corrected chi connectivity index (χ2v) is 8.18. The second-order valence-electron chi connectivity index (χ2n) is 6.24. The summed E-state index contributed by atoms with van der Waals surface area (Å²) in [5, 5.41) is 2.45. The molecule has 0 saturated carbocycles. The topological polar surface area (TPSA) is 66.5 Å². The number of sulfonamides is 1. The van der Waals surface area contributed by atoms with Gasteiger partial charge in [0.1, 0.15) is 10.7 Å². The van der Waals surface area contributed by atoms with E-state index in [1.54, 1.807) is 49.4 Å². The number of carbonyl (C=O) groups is 1. The highest BCUT2D eigenvalue weighted by molar-refractivity contribution is 7.92. The normalized spacial score (nSPS) is 11.1. The highest BCUT2D eigenvalue weighted by atomic mass is 32.2. The van der Waals surface area contributed by atoms with Crippen molar-refractivity contribution in [3.63, 3.8) is 0 Å². The van der Waals surface area contributed by atoms with Crippen LogP contribution in [0.15, 0.2) is 77.7 Å². The van der Waals surface area contributed by atoms with E-state index in [-0.39, 0.29) is 16.1 Å². The van der Waals surface area contributed by atoms with Crippen LogP contribution >= 0.6 is 0 Å². The largest absolute Gasteiger partial charge is 0.319 e. The van der Waals surface area contributed by atoms with Gasteiger partial charge in [0.05, 0.1) is 16.9 Å². The molecule has 0 heterocycles. The zero-order chi connectivity index (χ0) is 20.3. The van der Waals surface area contributed by atoms with Crippen LogP contribution in [-0.2, 0) is 10.0 Å². The number of aryl methyl sites for hydroxylation is 1. The Hall–Kier alpha value is -3.19. The molecular formula is C21H19FN2O3S. The molecule has 0 aliphatic rings. The van der Waals surface area contributed by atoms with Crippen LogP contribution in [-0.4, -0.2) is 21.4 Å². The van der Waals surface area contributed by atoms with E-state index in [0.29, 0.717) is 11.3 Å². The van der Waals surface area contributed by atoms with Crippen molar-refractivity contribution in [1.82, 2.24) is 0 Å². The minimum absolute atomic E-state index is 0.0146. The first-order valence-corrected chi connectivity index (χ1v) is 9.95. The van der Waals surface area contributed by atoms with Gasteiger partial charge in [-0.3, -0.25) is 9.10 Å². The summed E-state index contributed by atoms with van der Waals surface area (Å²) in [5.41, 5.74) is 1.09. The van der Waals surface area contributed by atoms with E-state index in [4.69, 9.17) is 0 Å². The molecular weight excluding hydrogens is 379 g/mol. The zero-order valence-electron chi connectivity index (χ0n) is 15.4. The lowest BCUT2D eigenvalue weighted by Crippen LogP contribution is -2.29. The van der Waals surface area contributed by atoms with Gasteiger partial charge in [0.15, 0.2) is 0 Å². The van der Waals surface area contributed by atoms with E-state index in [9.17, 15) is 17.6 Å². The molecule has 3 rings (SSSR count). The number of para-hydroxylation sites is 1. The number of nitrogens with zero attached hydrogens (tertiary/aromatic N) is 1. The Morgan fingerprint density at radius 1 is 0.964 bits per heavy atom. The number of anilines is 2. The molecule has 0 unspecified atom stereocenters. The molecule has 0 bridgehead atoms.